The van der Waals surface area contributed by atoms with E-state index in [1.807, 2.05) is 23.9 Å². The largest absolute Gasteiger partial charge is 0.399 e. The van der Waals surface area contributed by atoms with Gasteiger partial charge in [0, 0.05) is 20.8 Å². The smallest absolute Gasteiger partial charge is 0.0325 e. The molecule has 0 heterocycles. The Kier molecular flexibility index (Phi) is 3.99. The van der Waals surface area contributed by atoms with Crippen molar-refractivity contribution in [2.24, 2.45) is 0 Å². The van der Waals surface area contributed by atoms with Crippen LogP contribution in [0, 0.1) is 0 Å². The van der Waals surface area contributed by atoms with Crippen molar-refractivity contribution >= 4 is 44.2 Å². The molecular weight excluding hydrogens is 330 g/mol. The number of rotatable bonds is 3. The predicted octanol–water partition coefficient (Wildman–Crippen LogP) is 5.48. The van der Waals surface area contributed by atoms with Crippen LogP contribution in [0.1, 0.15) is 5.56 Å². The Hall–Kier alpha value is -1.45. The molecule has 1 nitrogen and oxygen atoms in total. The molecule has 0 aliphatic heterocycles. The zero-order valence-corrected chi connectivity index (χ0v) is 13.2. The number of fused-ring (bicyclic) bond motifs is 1. The van der Waals surface area contributed by atoms with Gasteiger partial charge >= 0.3 is 0 Å². The highest BCUT2D eigenvalue weighted by molar-refractivity contribution is 9.10. The SMILES string of the molecule is Nc1ccc(CSc2ccc3ccccc3c2)c(Br)c1. The number of anilines is 1. The number of hydrogen-bond acceptors (Lipinski definition) is 2. The summed E-state index contributed by atoms with van der Waals surface area (Å²) in [4.78, 5) is 1.28. The van der Waals surface area contributed by atoms with Gasteiger partial charge in [-0.05, 0) is 40.6 Å². The van der Waals surface area contributed by atoms with Gasteiger partial charge in [-0.25, -0.2) is 0 Å². The van der Waals surface area contributed by atoms with Crippen molar-refractivity contribution in [3.05, 3.63) is 70.7 Å². The summed E-state index contributed by atoms with van der Waals surface area (Å²) in [6.07, 6.45) is 0. The first-order valence-corrected chi connectivity index (χ1v) is 8.16. The summed E-state index contributed by atoms with van der Waals surface area (Å²) in [5.74, 6) is 0.930. The molecular formula is C17H14BrNS. The lowest BCUT2D eigenvalue weighted by Crippen LogP contribution is -1.88. The van der Waals surface area contributed by atoms with Crippen LogP contribution < -0.4 is 5.73 Å². The minimum Gasteiger partial charge on any atom is -0.399 e. The molecule has 0 fully saturated rings. The number of halogens is 1. The van der Waals surface area contributed by atoms with E-state index in [1.54, 1.807) is 0 Å². The van der Waals surface area contributed by atoms with Crippen molar-refractivity contribution < 1.29 is 0 Å². The molecule has 0 atom stereocenters. The highest BCUT2D eigenvalue weighted by Crippen LogP contribution is 2.30. The maximum absolute atomic E-state index is 5.76. The van der Waals surface area contributed by atoms with Crippen molar-refractivity contribution in [2.45, 2.75) is 10.6 Å². The van der Waals surface area contributed by atoms with E-state index in [4.69, 9.17) is 5.73 Å². The van der Waals surface area contributed by atoms with E-state index in [1.165, 1.54) is 21.2 Å². The molecule has 0 aromatic heterocycles. The summed E-state index contributed by atoms with van der Waals surface area (Å²) in [6, 6.07) is 21.0. The summed E-state index contributed by atoms with van der Waals surface area (Å²) in [5, 5.41) is 2.57. The molecule has 0 aliphatic rings. The van der Waals surface area contributed by atoms with Crippen LogP contribution in [0.5, 0.6) is 0 Å². The Labute approximate surface area is 131 Å². The molecule has 0 aliphatic carbocycles. The zero-order valence-electron chi connectivity index (χ0n) is 10.8. The van der Waals surface area contributed by atoms with E-state index in [-0.39, 0.29) is 0 Å². The lowest BCUT2D eigenvalue weighted by Gasteiger charge is -2.06. The number of thioether (sulfide) groups is 1. The summed E-state index contributed by atoms with van der Waals surface area (Å²) >= 11 is 5.40. The maximum atomic E-state index is 5.76. The predicted molar refractivity (Wildman–Crippen MR) is 92.1 cm³/mol. The average molecular weight is 344 g/mol. The van der Waals surface area contributed by atoms with E-state index < -0.39 is 0 Å². The van der Waals surface area contributed by atoms with Crippen LogP contribution in [-0.4, -0.2) is 0 Å². The first kappa shape index (κ1) is 13.5. The molecule has 0 bridgehead atoms. The molecule has 3 heteroatoms. The second-order valence-electron chi connectivity index (χ2n) is 4.65. The normalized spacial score (nSPS) is 10.8. The van der Waals surface area contributed by atoms with Gasteiger partial charge < -0.3 is 5.73 Å². The third kappa shape index (κ3) is 3.00. The van der Waals surface area contributed by atoms with Crippen LogP contribution in [0.15, 0.2) is 70.0 Å². The molecule has 3 aromatic rings. The van der Waals surface area contributed by atoms with Crippen LogP contribution in [0.25, 0.3) is 10.8 Å². The molecule has 0 spiro atoms. The topological polar surface area (TPSA) is 26.0 Å². The lowest BCUT2D eigenvalue weighted by molar-refractivity contribution is 1.36. The van der Waals surface area contributed by atoms with E-state index in [9.17, 15) is 0 Å². The van der Waals surface area contributed by atoms with Gasteiger partial charge in [-0.3, -0.25) is 0 Å². The molecule has 0 amide bonds. The van der Waals surface area contributed by atoms with Gasteiger partial charge in [-0.2, -0.15) is 0 Å². The van der Waals surface area contributed by atoms with Crippen molar-refractivity contribution in [2.75, 3.05) is 5.73 Å². The minimum absolute atomic E-state index is 0.788. The fourth-order valence-corrected chi connectivity index (χ4v) is 3.77. The van der Waals surface area contributed by atoms with Crippen LogP contribution in [0.4, 0.5) is 5.69 Å². The average Bonchev–Trinajstić information content (AvgIpc) is 2.46. The van der Waals surface area contributed by atoms with E-state index in [0.29, 0.717) is 0 Å². The van der Waals surface area contributed by atoms with E-state index >= 15 is 0 Å². The Bertz CT molecular complexity index is 755. The van der Waals surface area contributed by atoms with E-state index in [2.05, 4.69) is 64.5 Å². The van der Waals surface area contributed by atoms with Crippen LogP contribution >= 0.6 is 27.7 Å². The van der Waals surface area contributed by atoms with E-state index in [0.717, 1.165) is 15.9 Å². The molecule has 0 saturated carbocycles. The Balaban J connectivity index is 1.79. The highest BCUT2D eigenvalue weighted by atomic mass is 79.9. The van der Waals surface area contributed by atoms with Crippen LogP contribution in [0.2, 0.25) is 0 Å². The zero-order chi connectivity index (χ0) is 13.9. The summed E-state index contributed by atoms with van der Waals surface area (Å²) in [5.41, 5.74) is 7.81. The third-order valence-corrected chi connectivity index (χ3v) is 4.97. The molecule has 2 N–H and O–H groups in total. The maximum Gasteiger partial charge on any atom is 0.0325 e. The van der Waals surface area contributed by atoms with Crippen molar-refractivity contribution in [1.82, 2.24) is 0 Å². The number of nitrogen functional groups attached to an aromatic ring is 1. The van der Waals surface area contributed by atoms with Gasteiger partial charge in [0.05, 0.1) is 0 Å². The number of benzene rings is 3. The number of hydrogen-bond donors (Lipinski definition) is 1. The van der Waals surface area contributed by atoms with Gasteiger partial charge in [-0.1, -0.05) is 52.3 Å². The molecule has 100 valence electrons. The van der Waals surface area contributed by atoms with Gasteiger partial charge in [0.2, 0.25) is 0 Å². The van der Waals surface area contributed by atoms with Gasteiger partial charge in [0.1, 0.15) is 0 Å². The second kappa shape index (κ2) is 5.90. The third-order valence-electron chi connectivity index (χ3n) is 3.19. The Morgan fingerprint density at radius 1 is 0.900 bits per heavy atom. The summed E-state index contributed by atoms with van der Waals surface area (Å²) in [7, 11) is 0. The van der Waals surface area contributed by atoms with Crippen LogP contribution in [-0.2, 0) is 5.75 Å². The quantitative estimate of drug-likeness (QED) is 0.503. The Morgan fingerprint density at radius 2 is 1.70 bits per heavy atom. The van der Waals surface area contributed by atoms with Crippen molar-refractivity contribution in [3.63, 3.8) is 0 Å². The number of nitrogens with two attached hydrogens (primary N) is 1. The minimum atomic E-state index is 0.788. The molecule has 0 saturated heterocycles. The van der Waals surface area contributed by atoms with Crippen molar-refractivity contribution in [1.29, 1.82) is 0 Å². The van der Waals surface area contributed by atoms with Gasteiger partial charge in [0.15, 0.2) is 0 Å². The molecule has 3 rings (SSSR count). The first-order chi connectivity index (χ1) is 9.72. The monoisotopic (exact) mass is 343 g/mol. The molecule has 3 aromatic carbocycles. The van der Waals surface area contributed by atoms with Gasteiger partial charge in [-0.15, -0.1) is 11.8 Å². The van der Waals surface area contributed by atoms with Gasteiger partial charge in [0.25, 0.3) is 0 Å². The summed E-state index contributed by atoms with van der Waals surface area (Å²) < 4.78 is 1.07. The Morgan fingerprint density at radius 3 is 2.50 bits per heavy atom. The van der Waals surface area contributed by atoms with Crippen LogP contribution in [0.3, 0.4) is 0 Å². The molecule has 0 radical (unpaired) electrons. The lowest BCUT2D eigenvalue weighted by atomic mass is 10.1. The molecule has 20 heavy (non-hydrogen) atoms. The second-order valence-corrected chi connectivity index (χ2v) is 6.55. The fraction of sp³-hybridized carbons (Fsp3) is 0.0588. The summed E-state index contributed by atoms with van der Waals surface area (Å²) in [6.45, 7) is 0. The molecule has 0 unspecified atom stereocenters. The fourth-order valence-electron chi connectivity index (χ4n) is 2.10. The standard InChI is InChI=1S/C17H14BrNS/c18-17-10-15(19)7-5-14(17)11-20-16-8-6-12-3-1-2-4-13(12)9-16/h1-10H,11,19H2. The highest BCUT2D eigenvalue weighted by Gasteiger charge is 2.02. The first-order valence-electron chi connectivity index (χ1n) is 6.38. The van der Waals surface area contributed by atoms with Crippen molar-refractivity contribution in [3.8, 4) is 0 Å².